The van der Waals surface area contributed by atoms with Gasteiger partial charge in [-0.1, -0.05) is 49.6 Å². The summed E-state index contributed by atoms with van der Waals surface area (Å²) in [5.41, 5.74) is 1.17. The van der Waals surface area contributed by atoms with E-state index in [2.05, 4.69) is 37.7 Å². The average Bonchev–Trinajstić information content (AvgIpc) is 2.61. The van der Waals surface area contributed by atoms with Crippen LogP contribution in [0.5, 0.6) is 6.01 Å². The third-order valence-electron chi connectivity index (χ3n) is 4.03. The van der Waals surface area contributed by atoms with Crippen molar-refractivity contribution in [3.8, 4) is 6.01 Å². The molecule has 0 radical (unpaired) electrons. The number of nitrogens with zero attached hydrogens (tertiary/aromatic N) is 3. The van der Waals surface area contributed by atoms with Crippen molar-refractivity contribution < 1.29 is 4.74 Å². The van der Waals surface area contributed by atoms with E-state index in [1.807, 2.05) is 18.2 Å². The van der Waals surface area contributed by atoms with E-state index >= 15 is 0 Å². The maximum atomic E-state index is 5.19. The Hall–Kier alpha value is -2.37. The molecule has 1 aromatic carbocycles. The highest BCUT2D eigenvalue weighted by Crippen LogP contribution is 2.21. The topological polar surface area (TPSA) is 72.0 Å². The second kappa shape index (κ2) is 7.76. The highest BCUT2D eigenvalue weighted by atomic mass is 16.5. The Morgan fingerprint density at radius 3 is 2.48 bits per heavy atom. The van der Waals surface area contributed by atoms with Gasteiger partial charge in [-0.25, -0.2) is 0 Å². The molecule has 122 valence electrons. The van der Waals surface area contributed by atoms with Gasteiger partial charge in [0.25, 0.3) is 0 Å². The maximum absolute atomic E-state index is 5.19. The van der Waals surface area contributed by atoms with Crippen LogP contribution in [0, 0.1) is 0 Å². The van der Waals surface area contributed by atoms with Crippen LogP contribution in [0.2, 0.25) is 0 Å². The molecule has 0 amide bonds. The minimum Gasteiger partial charge on any atom is -0.467 e. The fourth-order valence-corrected chi connectivity index (χ4v) is 2.80. The summed E-state index contributed by atoms with van der Waals surface area (Å²) in [5, 5.41) is 6.64. The lowest BCUT2D eigenvalue weighted by atomic mass is 9.96. The Labute approximate surface area is 136 Å². The van der Waals surface area contributed by atoms with E-state index in [-0.39, 0.29) is 0 Å². The van der Waals surface area contributed by atoms with Gasteiger partial charge in [-0.3, -0.25) is 0 Å². The molecule has 1 heterocycles. The van der Waals surface area contributed by atoms with E-state index in [1.54, 1.807) is 7.11 Å². The minimum atomic E-state index is 0.328. The zero-order valence-corrected chi connectivity index (χ0v) is 13.5. The summed E-state index contributed by atoms with van der Waals surface area (Å²) < 4.78 is 5.19. The van der Waals surface area contributed by atoms with Crippen molar-refractivity contribution in [2.24, 2.45) is 0 Å². The molecule has 0 spiro atoms. The Morgan fingerprint density at radius 1 is 1.00 bits per heavy atom. The van der Waals surface area contributed by atoms with Gasteiger partial charge in [0.2, 0.25) is 11.9 Å². The largest absolute Gasteiger partial charge is 0.467 e. The van der Waals surface area contributed by atoms with Crippen molar-refractivity contribution >= 4 is 11.9 Å². The summed E-state index contributed by atoms with van der Waals surface area (Å²) in [5.74, 6) is 1.11. The van der Waals surface area contributed by atoms with Gasteiger partial charge < -0.3 is 15.4 Å². The van der Waals surface area contributed by atoms with E-state index in [0.717, 1.165) is 0 Å². The Balaban J connectivity index is 1.68. The maximum Gasteiger partial charge on any atom is 0.322 e. The molecule has 1 saturated carbocycles. The van der Waals surface area contributed by atoms with Crippen LogP contribution in [-0.2, 0) is 6.54 Å². The van der Waals surface area contributed by atoms with Crippen LogP contribution >= 0.6 is 0 Å². The fourth-order valence-electron chi connectivity index (χ4n) is 2.80. The summed E-state index contributed by atoms with van der Waals surface area (Å²) in [6, 6.07) is 10.9. The number of anilines is 2. The Bertz CT molecular complexity index is 614. The number of benzene rings is 1. The first-order chi connectivity index (χ1) is 11.3. The van der Waals surface area contributed by atoms with Crippen LogP contribution in [0.25, 0.3) is 0 Å². The molecule has 0 unspecified atom stereocenters. The lowest BCUT2D eigenvalue weighted by molar-refractivity contribution is 0.378. The van der Waals surface area contributed by atoms with Gasteiger partial charge in [-0.05, 0) is 18.4 Å². The molecule has 0 atom stereocenters. The number of hydrogen-bond acceptors (Lipinski definition) is 6. The molecular formula is C17H23N5O. The second-order valence-electron chi connectivity index (χ2n) is 5.79. The number of nitrogens with one attached hydrogen (secondary N) is 2. The molecule has 0 aliphatic heterocycles. The molecule has 2 aromatic rings. The van der Waals surface area contributed by atoms with Crippen LogP contribution in [0.4, 0.5) is 11.9 Å². The molecule has 1 aliphatic rings. The van der Waals surface area contributed by atoms with Crippen molar-refractivity contribution in [2.45, 2.75) is 44.7 Å². The van der Waals surface area contributed by atoms with Crippen LogP contribution < -0.4 is 15.4 Å². The van der Waals surface area contributed by atoms with Gasteiger partial charge in [0.05, 0.1) is 7.11 Å². The molecule has 1 fully saturated rings. The predicted octanol–water partition coefficient (Wildman–Crippen LogP) is 3.24. The van der Waals surface area contributed by atoms with E-state index in [9.17, 15) is 0 Å². The Kier molecular flexibility index (Phi) is 5.24. The highest BCUT2D eigenvalue weighted by molar-refractivity contribution is 5.37. The van der Waals surface area contributed by atoms with Gasteiger partial charge in [0, 0.05) is 12.6 Å². The zero-order chi connectivity index (χ0) is 15.9. The lowest BCUT2D eigenvalue weighted by Crippen LogP contribution is -2.24. The molecule has 0 bridgehead atoms. The van der Waals surface area contributed by atoms with Gasteiger partial charge in [0.1, 0.15) is 0 Å². The summed E-state index contributed by atoms with van der Waals surface area (Å²) >= 11 is 0. The predicted molar refractivity (Wildman–Crippen MR) is 90.6 cm³/mol. The van der Waals surface area contributed by atoms with E-state index in [1.165, 1.54) is 37.7 Å². The van der Waals surface area contributed by atoms with Gasteiger partial charge in [-0.2, -0.15) is 15.0 Å². The Morgan fingerprint density at radius 2 is 1.74 bits per heavy atom. The molecule has 6 heteroatoms. The standard InChI is InChI=1S/C17H23N5O/c1-23-17-21-15(18-12-13-8-4-2-5-9-13)20-16(22-17)19-14-10-6-3-7-11-14/h2,4-5,8-9,14H,3,6-7,10-12H2,1H3,(H2,18,19,20,21,22). The molecule has 6 nitrogen and oxygen atoms in total. The smallest absolute Gasteiger partial charge is 0.322 e. The third kappa shape index (κ3) is 4.55. The third-order valence-corrected chi connectivity index (χ3v) is 4.03. The monoisotopic (exact) mass is 313 g/mol. The van der Waals surface area contributed by atoms with Crippen LogP contribution in [0.15, 0.2) is 30.3 Å². The van der Waals surface area contributed by atoms with E-state index in [0.29, 0.717) is 30.5 Å². The molecule has 3 rings (SSSR count). The van der Waals surface area contributed by atoms with Crippen molar-refractivity contribution in [2.75, 3.05) is 17.7 Å². The highest BCUT2D eigenvalue weighted by Gasteiger charge is 2.15. The molecule has 23 heavy (non-hydrogen) atoms. The van der Waals surface area contributed by atoms with Crippen LogP contribution in [0.1, 0.15) is 37.7 Å². The van der Waals surface area contributed by atoms with Crippen molar-refractivity contribution in [1.82, 2.24) is 15.0 Å². The second-order valence-corrected chi connectivity index (χ2v) is 5.79. The van der Waals surface area contributed by atoms with Gasteiger partial charge >= 0.3 is 6.01 Å². The normalized spacial score (nSPS) is 15.2. The first kappa shape index (κ1) is 15.5. The molecular weight excluding hydrogens is 290 g/mol. The van der Waals surface area contributed by atoms with Crippen LogP contribution in [0.3, 0.4) is 0 Å². The van der Waals surface area contributed by atoms with Crippen molar-refractivity contribution in [1.29, 1.82) is 0 Å². The number of hydrogen-bond donors (Lipinski definition) is 2. The van der Waals surface area contributed by atoms with Crippen molar-refractivity contribution in [3.05, 3.63) is 35.9 Å². The molecule has 0 saturated heterocycles. The first-order valence-corrected chi connectivity index (χ1v) is 8.18. The SMILES string of the molecule is COc1nc(NCc2ccccc2)nc(NC2CCCCC2)n1. The number of aromatic nitrogens is 3. The van der Waals surface area contributed by atoms with E-state index < -0.39 is 0 Å². The zero-order valence-electron chi connectivity index (χ0n) is 13.5. The van der Waals surface area contributed by atoms with Crippen LogP contribution in [-0.4, -0.2) is 28.1 Å². The summed E-state index contributed by atoms with van der Waals surface area (Å²) in [7, 11) is 1.57. The van der Waals surface area contributed by atoms with E-state index in [4.69, 9.17) is 4.74 Å². The first-order valence-electron chi connectivity index (χ1n) is 8.18. The summed E-state index contributed by atoms with van der Waals surface area (Å²) in [4.78, 5) is 13.0. The number of methoxy groups -OCH3 is 1. The minimum absolute atomic E-state index is 0.328. The number of rotatable bonds is 6. The van der Waals surface area contributed by atoms with Gasteiger partial charge in [-0.15, -0.1) is 0 Å². The van der Waals surface area contributed by atoms with Crippen molar-refractivity contribution in [3.63, 3.8) is 0 Å². The molecule has 1 aromatic heterocycles. The molecule has 1 aliphatic carbocycles. The fraction of sp³-hybridized carbons (Fsp3) is 0.471. The quantitative estimate of drug-likeness (QED) is 0.853. The lowest BCUT2D eigenvalue weighted by Gasteiger charge is -2.22. The van der Waals surface area contributed by atoms with Gasteiger partial charge in [0.15, 0.2) is 0 Å². The molecule has 2 N–H and O–H groups in total. The summed E-state index contributed by atoms with van der Waals surface area (Å²) in [6.45, 7) is 0.664. The number of ether oxygens (including phenoxy) is 1. The average molecular weight is 313 g/mol. The summed E-state index contributed by atoms with van der Waals surface area (Å²) in [6.07, 6.45) is 6.18.